The van der Waals surface area contributed by atoms with Crippen molar-refractivity contribution in [1.29, 1.82) is 0 Å². The Morgan fingerprint density at radius 1 is 1.45 bits per heavy atom. The number of nitrogens with two attached hydrogens (primary N) is 1. The second-order valence-electron chi connectivity index (χ2n) is 4.28. The molecule has 0 aliphatic rings. The van der Waals surface area contributed by atoms with E-state index >= 15 is 0 Å². The molecule has 6 heteroatoms. The monoisotopic (exact) mass is 306 g/mol. The van der Waals surface area contributed by atoms with E-state index in [9.17, 15) is 9.59 Å². The van der Waals surface area contributed by atoms with Crippen molar-refractivity contribution in [2.24, 2.45) is 5.73 Å². The summed E-state index contributed by atoms with van der Waals surface area (Å²) in [6, 6.07) is 7.20. The van der Waals surface area contributed by atoms with Gasteiger partial charge in [-0.3, -0.25) is 9.59 Å². The standard InChI is InChI=1S/C11H15NO2.C5H7NO2/c1-3-9-6-4-5-7-10(9)12-8(2)11(13)14;1-2-3-8-5(7)4-6/h4-8,12H,3H2,1-2H3,(H,13,14);1H,3-4,6H2/t8-;/m0./s1. The Morgan fingerprint density at radius 2 is 2.09 bits per heavy atom. The van der Waals surface area contributed by atoms with Crippen molar-refractivity contribution >= 4 is 17.6 Å². The van der Waals surface area contributed by atoms with E-state index in [-0.39, 0.29) is 13.2 Å². The van der Waals surface area contributed by atoms with Gasteiger partial charge in [-0.25, -0.2) is 0 Å². The summed E-state index contributed by atoms with van der Waals surface area (Å²) in [6.07, 6.45) is 5.66. The number of carbonyl (C=O) groups excluding carboxylic acids is 1. The van der Waals surface area contributed by atoms with Crippen molar-refractivity contribution in [3.05, 3.63) is 29.8 Å². The van der Waals surface area contributed by atoms with Crippen molar-refractivity contribution in [3.63, 3.8) is 0 Å². The Bertz CT molecular complexity index is 523. The van der Waals surface area contributed by atoms with E-state index in [2.05, 4.69) is 16.0 Å². The first-order chi connectivity index (χ1) is 10.5. The van der Waals surface area contributed by atoms with Crippen molar-refractivity contribution < 1.29 is 19.4 Å². The number of carboxylic acid groups (broad SMARTS) is 1. The summed E-state index contributed by atoms with van der Waals surface area (Å²) < 4.78 is 4.34. The summed E-state index contributed by atoms with van der Waals surface area (Å²) in [7, 11) is 0. The molecule has 0 amide bonds. The fourth-order valence-corrected chi connectivity index (χ4v) is 1.45. The van der Waals surface area contributed by atoms with Gasteiger partial charge in [0.05, 0.1) is 6.54 Å². The normalized spacial score (nSPS) is 10.5. The third-order valence-corrected chi connectivity index (χ3v) is 2.62. The summed E-state index contributed by atoms with van der Waals surface area (Å²) >= 11 is 0. The molecule has 1 rings (SSSR count). The van der Waals surface area contributed by atoms with Crippen LogP contribution in [-0.2, 0) is 20.7 Å². The molecule has 0 radical (unpaired) electrons. The first-order valence-electron chi connectivity index (χ1n) is 6.82. The molecule has 0 spiro atoms. The quantitative estimate of drug-likeness (QED) is 0.540. The number of nitrogens with one attached hydrogen (secondary N) is 1. The summed E-state index contributed by atoms with van der Waals surface area (Å²) in [4.78, 5) is 20.8. The van der Waals surface area contributed by atoms with Gasteiger partial charge in [0, 0.05) is 5.69 Å². The zero-order chi connectivity index (χ0) is 17.0. The number of hydrogen-bond donors (Lipinski definition) is 3. The van der Waals surface area contributed by atoms with Crippen LogP contribution in [0.4, 0.5) is 5.69 Å². The van der Waals surface area contributed by atoms with Gasteiger partial charge >= 0.3 is 11.9 Å². The molecular formula is C16H22N2O4. The summed E-state index contributed by atoms with van der Waals surface area (Å²) in [6.45, 7) is 3.58. The van der Waals surface area contributed by atoms with Crippen molar-refractivity contribution in [3.8, 4) is 12.3 Å². The van der Waals surface area contributed by atoms with Gasteiger partial charge in [0.2, 0.25) is 0 Å². The number of para-hydroxylation sites is 1. The lowest BCUT2D eigenvalue weighted by Crippen LogP contribution is -2.25. The van der Waals surface area contributed by atoms with Crippen LogP contribution in [0.1, 0.15) is 19.4 Å². The molecule has 0 aromatic heterocycles. The zero-order valence-electron chi connectivity index (χ0n) is 12.8. The third-order valence-electron chi connectivity index (χ3n) is 2.62. The number of esters is 1. The molecular weight excluding hydrogens is 284 g/mol. The lowest BCUT2D eigenvalue weighted by Gasteiger charge is -2.13. The second kappa shape index (κ2) is 11.2. The molecule has 0 saturated heterocycles. The lowest BCUT2D eigenvalue weighted by atomic mass is 10.1. The van der Waals surface area contributed by atoms with Crippen LogP contribution in [0.15, 0.2) is 24.3 Å². The highest BCUT2D eigenvalue weighted by Gasteiger charge is 2.11. The molecule has 0 aliphatic heterocycles. The molecule has 22 heavy (non-hydrogen) atoms. The number of anilines is 1. The average Bonchev–Trinajstić information content (AvgIpc) is 2.53. The minimum Gasteiger partial charge on any atom is -0.480 e. The van der Waals surface area contributed by atoms with Gasteiger partial charge in [-0.15, -0.1) is 6.42 Å². The largest absolute Gasteiger partial charge is 0.480 e. The minimum absolute atomic E-state index is 0.00995. The number of benzene rings is 1. The molecule has 6 nitrogen and oxygen atoms in total. The van der Waals surface area contributed by atoms with E-state index in [1.807, 2.05) is 31.2 Å². The van der Waals surface area contributed by atoms with Gasteiger partial charge < -0.3 is 20.9 Å². The number of hydrogen-bond acceptors (Lipinski definition) is 5. The minimum atomic E-state index is -0.837. The summed E-state index contributed by atoms with van der Waals surface area (Å²) in [5.74, 6) is 0.828. The predicted octanol–water partition coefficient (Wildman–Crippen LogP) is 1.26. The maximum Gasteiger partial charge on any atom is 0.325 e. The van der Waals surface area contributed by atoms with E-state index in [0.29, 0.717) is 0 Å². The number of carboxylic acids is 1. The molecule has 1 aromatic rings. The fourth-order valence-electron chi connectivity index (χ4n) is 1.45. The van der Waals surface area contributed by atoms with Crippen molar-refractivity contribution in [2.45, 2.75) is 26.3 Å². The van der Waals surface area contributed by atoms with E-state index in [4.69, 9.17) is 17.3 Å². The molecule has 0 saturated carbocycles. The van der Waals surface area contributed by atoms with Crippen LogP contribution in [0.25, 0.3) is 0 Å². The van der Waals surface area contributed by atoms with Crippen LogP contribution in [0, 0.1) is 12.3 Å². The highest BCUT2D eigenvalue weighted by molar-refractivity contribution is 5.77. The van der Waals surface area contributed by atoms with Crippen molar-refractivity contribution in [1.82, 2.24) is 0 Å². The van der Waals surface area contributed by atoms with Crippen LogP contribution in [0.5, 0.6) is 0 Å². The molecule has 1 atom stereocenters. The molecule has 4 N–H and O–H groups in total. The third kappa shape index (κ3) is 7.92. The number of ether oxygens (including phenoxy) is 1. The van der Waals surface area contributed by atoms with Crippen LogP contribution in [-0.4, -0.2) is 36.2 Å². The maximum atomic E-state index is 10.6. The number of aryl methyl sites for hydroxylation is 1. The van der Waals surface area contributed by atoms with Crippen LogP contribution < -0.4 is 11.1 Å². The number of carbonyl (C=O) groups is 2. The van der Waals surface area contributed by atoms with Gasteiger partial charge in [-0.05, 0) is 25.0 Å². The summed E-state index contributed by atoms with van der Waals surface area (Å²) in [5, 5.41) is 11.7. The molecule has 120 valence electrons. The molecule has 0 unspecified atom stereocenters. The maximum absolute atomic E-state index is 10.6. The van der Waals surface area contributed by atoms with Crippen LogP contribution in [0.2, 0.25) is 0 Å². The topological polar surface area (TPSA) is 102 Å². The first kappa shape index (κ1) is 19.5. The van der Waals surface area contributed by atoms with E-state index < -0.39 is 18.0 Å². The van der Waals surface area contributed by atoms with E-state index in [0.717, 1.165) is 17.7 Å². The molecule has 0 bridgehead atoms. The zero-order valence-corrected chi connectivity index (χ0v) is 12.8. The van der Waals surface area contributed by atoms with Gasteiger partial charge in [-0.2, -0.15) is 0 Å². The second-order valence-corrected chi connectivity index (χ2v) is 4.28. The molecule has 0 aliphatic carbocycles. The average molecular weight is 306 g/mol. The Labute approximate surface area is 130 Å². The molecule has 0 heterocycles. The Balaban J connectivity index is 0.000000472. The fraction of sp³-hybridized carbons (Fsp3) is 0.375. The summed E-state index contributed by atoms with van der Waals surface area (Å²) in [5.41, 5.74) is 6.92. The lowest BCUT2D eigenvalue weighted by molar-refractivity contribution is -0.140. The van der Waals surface area contributed by atoms with E-state index in [1.165, 1.54) is 0 Å². The number of terminal acetylenes is 1. The van der Waals surface area contributed by atoms with Crippen LogP contribution >= 0.6 is 0 Å². The SMILES string of the molecule is C#CCOC(=O)CN.CCc1ccccc1N[C@@H](C)C(=O)O. The van der Waals surface area contributed by atoms with Gasteiger partial charge in [0.1, 0.15) is 6.04 Å². The Morgan fingerprint density at radius 3 is 2.59 bits per heavy atom. The van der Waals surface area contributed by atoms with Crippen molar-refractivity contribution in [2.75, 3.05) is 18.5 Å². The van der Waals surface area contributed by atoms with Gasteiger partial charge in [-0.1, -0.05) is 31.0 Å². The molecule has 1 aromatic carbocycles. The first-order valence-corrected chi connectivity index (χ1v) is 6.82. The van der Waals surface area contributed by atoms with Gasteiger partial charge in [0.15, 0.2) is 6.61 Å². The Hall–Kier alpha value is -2.52. The highest BCUT2D eigenvalue weighted by Crippen LogP contribution is 2.16. The van der Waals surface area contributed by atoms with Gasteiger partial charge in [0.25, 0.3) is 0 Å². The Kier molecular flexibility index (Phi) is 9.89. The predicted molar refractivity (Wildman–Crippen MR) is 85.4 cm³/mol. The number of rotatable bonds is 6. The highest BCUT2D eigenvalue weighted by atomic mass is 16.5. The number of aliphatic carboxylic acids is 1. The smallest absolute Gasteiger partial charge is 0.325 e. The van der Waals surface area contributed by atoms with Crippen LogP contribution in [0.3, 0.4) is 0 Å². The molecule has 0 fully saturated rings. The van der Waals surface area contributed by atoms with E-state index in [1.54, 1.807) is 6.92 Å².